The van der Waals surface area contributed by atoms with Gasteiger partial charge in [-0.25, -0.2) is 0 Å². The van der Waals surface area contributed by atoms with Crippen LogP contribution in [0.2, 0.25) is 0 Å². The summed E-state index contributed by atoms with van der Waals surface area (Å²) in [4.78, 5) is 11.2. The average Bonchev–Trinajstić information content (AvgIpc) is 2.08. The van der Waals surface area contributed by atoms with Crippen molar-refractivity contribution in [3.8, 4) is 0 Å². The zero-order chi connectivity index (χ0) is 13.4. The molecule has 1 aromatic heterocycles. The normalized spacial score (nSPS) is 12.9. The van der Waals surface area contributed by atoms with Crippen LogP contribution >= 0.6 is 15.9 Å². The summed E-state index contributed by atoms with van der Waals surface area (Å²) in [6.07, 6.45) is -9.45. The van der Waals surface area contributed by atoms with E-state index in [9.17, 15) is 31.1 Å². The summed E-state index contributed by atoms with van der Waals surface area (Å²) in [7, 11) is 0. The lowest BCUT2D eigenvalue weighted by atomic mass is 10.3. The molecule has 96 valence electrons. The summed E-state index contributed by atoms with van der Waals surface area (Å²) in [6, 6.07) is 0.440. The van der Waals surface area contributed by atoms with Crippen LogP contribution in [0, 0.1) is 0 Å². The Hall–Kier alpha value is -0.990. The second-order valence-electron chi connectivity index (χ2n) is 3.12. The molecule has 1 rings (SSSR count). The molecule has 0 atom stereocenters. The van der Waals surface area contributed by atoms with Crippen LogP contribution in [0.25, 0.3) is 0 Å². The van der Waals surface area contributed by atoms with Crippen LogP contribution in [-0.4, -0.2) is 10.7 Å². The third-order valence-corrected chi connectivity index (χ3v) is 2.29. The molecule has 1 aromatic rings. The Kier molecular flexibility index (Phi) is 3.60. The molecule has 0 saturated heterocycles. The lowest BCUT2D eigenvalue weighted by Gasteiger charge is -2.13. The molecule has 0 aliphatic rings. The molecule has 0 fully saturated rings. The van der Waals surface area contributed by atoms with Crippen LogP contribution in [0.15, 0.2) is 21.5 Å². The van der Waals surface area contributed by atoms with Crippen LogP contribution in [0.1, 0.15) is 5.56 Å². The van der Waals surface area contributed by atoms with Crippen molar-refractivity contribution in [2.45, 2.75) is 18.9 Å². The molecule has 0 aliphatic heterocycles. The van der Waals surface area contributed by atoms with Gasteiger partial charge < -0.3 is 4.57 Å². The van der Waals surface area contributed by atoms with Crippen molar-refractivity contribution >= 4 is 15.9 Å². The fourth-order valence-corrected chi connectivity index (χ4v) is 1.54. The van der Waals surface area contributed by atoms with Crippen LogP contribution in [0.4, 0.5) is 26.3 Å². The summed E-state index contributed by atoms with van der Waals surface area (Å²) >= 11 is 2.50. The van der Waals surface area contributed by atoms with Gasteiger partial charge in [0.05, 0.1) is 10.0 Å². The Morgan fingerprint density at radius 1 is 1.18 bits per heavy atom. The van der Waals surface area contributed by atoms with Gasteiger partial charge in [-0.05, 0) is 22.0 Å². The Morgan fingerprint density at radius 3 is 2.12 bits per heavy atom. The second kappa shape index (κ2) is 4.35. The zero-order valence-corrected chi connectivity index (χ0v) is 9.45. The minimum atomic E-state index is -4.82. The third-order valence-electron chi connectivity index (χ3n) is 1.72. The van der Waals surface area contributed by atoms with Gasteiger partial charge in [-0.15, -0.1) is 0 Å². The molecule has 2 nitrogen and oxygen atoms in total. The Balaban J connectivity index is 3.31. The lowest BCUT2D eigenvalue weighted by molar-refractivity contribution is -0.145. The van der Waals surface area contributed by atoms with Gasteiger partial charge in [0.2, 0.25) is 0 Å². The first kappa shape index (κ1) is 14.1. The second-order valence-corrected chi connectivity index (χ2v) is 3.98. The number of pyridine rings is 1. The Morgan fingerprint density at radius 2 is 1.71 bits per heavy atom. The SMILES string of the molecule is O=c1c(Br)cc(C(F)(F)F)cn1CC(F)(F)F. The third kappa shape index (κ3) is 3.76. The van der Waals surface area contributed by atoms with E-state index in [0.717, 1.165) is 0 Å². The molecule has 0 bridgehead atoms. The van der Waals surface area contributed by atoms with Gasteiger partial charge in [0.1, 0.15) is 6.54 Å². The molecule has 0 radical (unpaired) electrons. The monoisotopic (exact) mass is 323 g/mol. The van der Waals surface area contributed by atoms with Gasteiger partial charge in [-0.2, -0.15) is 26.3 Å². The quantitative estimate of drug-likeness (QED) is 0.727. The summed E-state index contributed by atoms with van der Waals surface area (Å²) < 4.78 is 72.4. The number of hydrogen-bond acceptors (Lipinski definition) is 1. The molecular weight excluding hydrogens is 320 g/mol. The number of hydrogen-bond donors (Lipinski definition) is 0. The molecule has 0 unspecified atom stereocenters. The fraction of sp³-hybridized carbons (Fsp3) is 0.375. The summed E-state index contributed by atoms with van der Waals surface area (Å²) in [5.41, 5.74) is -2.50. The van der Waals surface area contributed by atoms with Crippen molar-refractivity contribution in [3.05, 3.63) is 32.7 Å². The number of alkyl halides is 6. The molecule has 0 aliphatic carbocycles. The maximum absolute atomic E-state index is 12.3. The Bertz CT molecular complexity index is 474. The zero-order valence-electron chi connectivity index (χ0n) is 7.86. The molecule has 9 heteroatoms. The smallest absolute Gasteiger partial charge is 0.305 e. The van der Waals surface area contributed by atoms with Gasteiger partial charge in [0.25, 0.3) is 5.56 Å². The largest absolute Gasteiger partial charge is 0.417 e. The van der Waals surface area contributed by atoms with Crippen molar-refractivity contribution < 1.29 is 26.3 Å². The van der Waals surface area contributed by atoms with Crippen molar-refractivity contribution in [1.29, 1.82) is 0 Å². The molecule has 1 heterocycles. The van der Waals surface area contributed by atoms with Crippen molar-refractivity contribution in [3.63, 3.8) is 0 Å². The van der Waals surface area contributed by atoms with Crippen molar-refractivity contribution in [1.82, 2.24) is 4.57 Å². The molecule has 0 amide bonds. The van der Waals surface area contributed by atoms with E-state index in [4.69, 9.17) is 0 Å². The number of nitrogens with zero attached hydrogens (tertiary/aromatic N) is 1. The Labute approximate surface area is 99.0 Å². The fourth-order valence-electron chi connectivity index (χ4n) is 1.06. The van der Waals surface area contributed by atoms with Crippen LogP contribution < -0.4 is 5.56 Å². The minimum Gasteiger partial charge on any atom is -0.305 e. The molecule has 0 aromatic carbocycles. The van der Waals surface area contributed by atoms with E-state index >= 15 is 0 Å². The van der Waals surface area contributed by atoms with E-state index in [2.05, 4.69) is 15.9 Å². The maximum Gasteiger partial charge on any atom is 0.417 e. The van der Waals surface area contributed by atoms with E-state index in [-0.39, 0.29) is 10.8 Å². The first-order valence-electron chi connectivity index (χ1n) is 4.04. The predicted molar refractivity (Wildman–Crippen MR) is 49.5 cm³/mol. The summed E-state index contributed by atoms with van der Waals surface area (Å²) in [6.45, 7) is -1.77. The highest BCUT2D eigenvalue weighted by Crippen LogP contribution is 2.30. The highest BCUT2D eigenvalue weighted by atomic mass is 79.9. The van der Waals surface area contributed by atoms with E-state index in [1.54, 1.807) is 0 Å². The van der Waals surface area contributed by atoms with Crippen LogP contribution in [0.5, 0.6) is 0 Å². The first-order valence-corrected chi connectivity index (χ1v) is 4.84. The van der Waals surface area contributed by atoms with Gasteiger partial charge in [-0.3, -0.25) is 4.79 Å². The van der Waals surface area contributed by atoms with Crippen LogP contribution in [-0.2, 0) is 12.7 Å². The average molecular weight is 324 g/mol. The van der Waals surface area contributed by atoms with Gasteiger partial charge in [0, 0.05) is 6.20 Å². The van der Waals surface area contributed by atoms with E-state index in [1.165, 1.54) is 0 Å². The number of halogens is 7. The molecular formula is C8H4BrF6NO. The highest BCUT2D eigenvalue weighted by Gasteiger charge is 2.34. The topological polar surface area (TPSA) is 22.0 Å². The van der Waals surface area contributed by atoms with Crippen molar-refractivity contribution in [2.24, 2.45) is 0 Å². The van der Waals surface area contributed by atoms with Gasteiger partial charge >= 0.3 is 12.4 Å². The van der Waals surface area contributed by atoms with Crippen molar-refractivity contribution in [2.75, 3.05) is 0 Å². The van der Waals surface area contributed by atoms with Gasteiger partial charge in [0.15, 0.2) is 0 Å². The number of rotatable bonds is 1. The standard InChI is InChI=1S/C8H4BrF6NO/c9-5-1-4(8(13,14)15)2-16(6(5)17)3-7(10,11)12/h1-2H,3H2. The molecule has 0 N–H and O–H groups in total. The summed E-state index contributed by atoms with van der Waals surface area (Å²) in [5.74, 6) is 0. The number of aromatic nitrogens is 1. The predicted octanol–water partition coefficient (Wildman–Crippen LogP) is 3.19. The van der Waals surface area contributed by atoms with E-state index in [0.29, 0.717) is 6.07 Å². The highest BCUT2D eigenvalue weighted by molar-refractivity contribution is 9.10. The van der Waals surface area contributed by atoms with E-state index in [1.807, 2.05) is 0 Å². The van der Waals surface area contributed by atoms with Crippen LogP contribution in [0.3, 0.4) is 0 Å². The van der Waals surface area contributed by atoms with E-state index < -0.39 is 34.5 Å². The molecule has 0 saturated carbocycles. The van der Waals surface area contributed by atoms with Gasteiger partial charge in [-0.1, -0.05) is 0 Å². The molecule has 0 spiro atoms. The first-order chi connectivity index (χ1) is 7.50. The summed E-state index contributed by atoms with van der Waals surface area (Å²) in [5, 5.41) is 0. The minimum absolute atomic E-state index is 0.0348. The maximum atomic E-state index is 12.3. The molecule has 17 heavy (non-hydrogen) atoms. The lowest BCUT2D eigenvalue weighted by Crippen LogP contribution is -2.29.